The highest BCUT2D eigenvalue weighted by molar-refractivity contribution is 7.81. The van der Waals surface area contributed by atoms with Gasteiger partial charge in [0.1, 0.15) is 36.6 Å². The standard InChI is InChI=1S/C31H40N2O22S4.CH4/c1-2-23-27(37)29(54-58(44,45)46)30(55-59(47,48)49)31(51-23)50-17-22(34)26(36)28(53-57(41,42)43)24(52-56(38,39)40)15-32-14-13-25(35)33-16-20-9-4-3-7-18(20)11-12-19-8-5-6-10-21(19)33;/h3-10,22-24,26-32,34,36-37H,2,13-17H2,1H3,(H,38,39,40)(H,41,42,43)(H,44,45,46)(H,47,48,49);1H4/p-4/t22?,23-,24-,26-,27-,28-,29-,30-,31-;/m1./s1. The number of ether oxygens (including phenoxy) is 2. The van der Waals surface area contributed by atoms with Gasteiger partial charge in [-0.2, -0.15) is 0 Å². The van der Waals surface area contributed by atoms with Crippen LogP contribution in [0.1, 0.15) is 43.9 Å². The topological polar surface area (TPSA) is 377 Å². The Labute approximate surface area is 346 Å². The first kappa shape index (κ1) is 51.1. The molecule has 1 amide bonds. The van der Waals surface area contributed by atoms with Gasteiger partial charge in [-0.1, -0.05) is 56.5 Å². The molecule has 4 N–H and O–H groups in total. The highest BCUT2D eigenvalue weighted by atomic mass is 32.3. The van der Waals surface area contributed by atoms with Crippen LogP contribution in [0.5, 0.6) is 0 Å². The van der Waals surface area contributed by atoms with Crippen LogP contribution in [0.15, 0.2) is 48.5 Å². The van der Waals surface area contributed by atoms with Gasteiger partial charge >= 0.3 is 0 Å². The molecule has 1 fully saturated rings. The third-order valence-corrected chi connectivity index (χ3v) is 10.4. The van der Waals surface area contributed by atoms with Gasteiger partial charge < -0.3 is 53.2 Å². The average molecular weight is 933 g/mol. The molecule has 1 unspecified atom stereocenters. The number of aliphatic hydroxyl groups is 3. The summed E-state index contributed by atoms with van der Waals surface area (Å²) < 4.78 is 166. The molecule has 338 valence electrons. The van der Waals surface area contributed by atoms with E-state index in [1.54, 1.807) is 48.5 Å². The van der Waals surface area contributed by atoms with Crippen LogP contribution < -0.4 is 10.2 Å². The van der Waals surface area contributed by atoms with E-state index in [-0.39, 0.29) is 33.4 Å². The van der Waals surface area contributed by atoms with E-state index in [1.807, 2.05) is 0 Å². The van der Waals surface area contributed by atoms with Crippen LogP contribution in [-0.2, 0) is 79.1 Å². The number of rotatable bonds is 20. The minimum absolute atomic E-state index is 0. The normalized spacial score (nSPS) is 22.9. The van der Waals surface area contributed by atoms with E-state index >= 15 is 0 Å². The van der Waals surface area contributed by atoms with Crippen molar-refractivity contribution in [3.05, 3.63) is 65.2 Å². The van der Waals surface area contributed by atoms with Crippen molar-refractivity contribution in [1.82, 2.24) is 5.32 Å². The number of fused-ring (bicyclic) bond motifs is 2. The lowest BCUT2D eigenvalue weighted by molar-refractivity contribution is -0.293. The lowest BCUT2D eigenvalue weighted by Gasteiger charge is -2.44. The van der Waals surface area contributed by atoms with Gasteiger partial charge in [-0.15, -0.1) is 0 Å². The minimum Gasteiger partial charge on any atom is -0.726 e. The van der Waals surface area contributed by atoms with Gasteiger partial charge in [0.2, 0.25) is 47.5 Å². The molecule has 0 bridgehead atoms. The van der Waals surface area contributed by atoms with Crippen molar-refractivity contribution < 1.29 is 98.2 Å². The lowest BCUT2D eigenvalue weighted by Crippen LogP contribution is -2.61. The van der Waals surface area contributed by atoms with Crippen molar-refractivity contribution in [2.45, 2.75) is 88.9 Å². The van der Waals surface area contributed by atoms with Gasteiger partial charge in [-0.25, -0.2) is 33.7 Å². The molecule has 1 saturated heterocycles. The number of para-hydroxylation sites is 1. The molecule has 0 radical (unpaired) electrons. The van der Waals surface area contributed by atoms with Gasteiger partial charge in [-0.05, 0) is 30.2 Å². The van der Waals surface area contributed by atoms with E-state index in [9.17, 15) is 72.0 Å². The maximum atomic E-state index is 13.6. The van der Waals surface area contributed by atoms with Crippen LogP contribution in [0.2, 0.25) is 0 Å². The summed E-state index contributed by atoms with van der Waals surface area (Å²) in [5, 5.41) is 34.7. The summed E-state index contributed by atoms with van der Waals surface area (Å²) in [6.45, 7) is -1.29. The van der Waals surface area contributed by atoms with Gasteiger partial charge in [0.05, 0.1) is 24.9 Å². The summed E-state index contributed by atoms with van der Waals surface area (Å²) in [5.74, 6) is 5.56. The Balaban J connectivity index is 0.00000961. The van der Waals surface area contributed by atoms with E-state index in [0.717, 1.165) is 0 Å². The maximum absolute atomic E-state index is 13.6. The number of anilines is 1. The van der Waals surface area contributed by atoms with Crippen LogP contribution in [-0.4, -0.2) is 148 Å². The molecule has 60 heavy (non-hydrogen) atoms. The first-order chi connectivity index (χ1) is 27.4. The van der Waals surface area contributed by atoms with E-state index in [4.69, 9.17) is 9.47 Å². The zero-order chi connectivity index (χ0) is 43.9. The van der Waals surface area contributed by atoms with Crippen molar-refractivity contribution in [3.8, 4) is 11.8 Å². The summed E-state index contributed by atoms with van der Waals surface area (Å²) in [7, 11) is -23.4. The van der Waals surface area contributed by atoms with E-state index in [2.05, 4.69) is 33.9 Å². The fourth-order valence-corrected chi connectivity index (χ4v) is 7.93. The van der Waals surface area contributed by atoms with E-state index in [0.29, 0.717) is 22.4 Å². The maximum Gasteiger partial charge on any atom is 0.228 e. The molecule has 0 aromatic heterocycles. The van der Waals surface area contributed by atoms with Crippen molar-refractivity contribution >= 4 is 53.2 Å². The van der Waals surface area contributed by atoms with Gasteiger partial charge in [0, 0.05) is 30.6 Å². The first-order valence-electron chi connectivity index (χ1n) is 16.9. The number of aliphatic hydroxyl groups excluding tert-OH is 3. The number of carbonyl (C=O) groups is 1. The summed E-state index contributed by atoms with van der Waals surface area (Å²) >= 11 is 0. The molecule has 0 aliphatic carbocycles. The SMILES string of the molecule is C.CC[C@H]1O[C@@H](OCC(O)[C@@H](O)[C@H](OS(=O)(=O)[O-])[C@@H](CNCCC(=O)N2Cc3ccccc3C#Cc3ccccc32)OS(=O)(=O)[O-])[C@H](OS(=O)(=O)[O-])[C@H](OS(=O)(=O)[O-])[C@@H]1O. The van der Waals surface area contributed by atoms with Crippen LogP contribution in [0, 0.1) is 11.8 Å². The molecule has 2 heterocycles. The smallest absolute Gasteiger partial charge is 0.228 e. The molecular weight excluding hydrogens is 893 g/mol. The Morgan fingerprint density at radius 3 is 2.03 bits per heavy atom. The Kier molecular flexibility index (Phi) is 18.0. The predicted octanol–water partition coefficient (Wildman–Crippen LogP) is -2.84. The molecule has 24 nitrogen and oxygen atoms in total. The minimum atomic E-state index is -5.94. The van der Waals surface area contributed by atoms with Gasteiger partial charge in [-0.3, -0.25) is 21.5 Å². The molecule has 2 aliphatic heterocycles. The Morgan fingerprint density at radius 2 is 1.43 bits per heavy atom. The molecule has 9 atom stereocenters. The van der Waals surface area contributed by atoms with Crippen molar-refractivity contribution in [2.75, 3.05) is 24.6 Å². The van der Waals surface area contributed by atoms with E-state index in [1.165, 1.54) is 11.8 Å². The summed E-state index contributed by atoms with van der Waals surface area (Å²) in [6.07, 6.45) is -22.2. The third kappa shape index (κ3) is 15.3. The Morgan fingerprint density at radius 1 is 0.867 bits per heavy atom. The second-order valence-electron chi connectivity index (χ2n) is 12.6. The van der Waals surface area contributed by atoms with Crippen LogP contribution in [0.3, 0.4) is 0 Å². The molecule has 4 rings (SSSR count). The van der Waals surface area contributed by atoms with E-state index < -0.39 is 116 Å². The third-order valence-electron chi connectivity index (χ3n) is 8.51. The fraction of sp³-hybridized carbons (Fsp3) is 0.531. The average Bonchev–Trinajstić information content (AvgIpc) is 3.11. The van der Waals surface area contributed by atoms with Crippen molar-refractivity contribution in [2.24, 2.45) is 0 Å². The number of hydrogen-bond donors (Lipinski definition) is 4. The van der Waals surface area contributed by atoms with Gasteiger partial charge in [0.15, 0.2) is 12.4 Å². The Bertz CT molecular complexity index is 2300. The largest absolute Gasteiger partial charge is 0.726 e. The summed E-state index contributed by atoms with van der Waals surface area (Å²) in [5.41, 5.74) is 2.35. The molecule has 2 aromatic rings. The molecule has 2 aromatic carbocycles. The lowest BCUT2D eigenvalue weighted by atomic mass is 9.97. The number of nitrogens with one attached hydrogen (secondary N) is 1. The quantitative estimate of drug-likeness (QED) is 0.0450. The van der Waals surface area contributed by atoms with Crippen LogP contribution >= 0.6 is 0 Å². The van der Waals surface area contributed by atoms with Crippen LogP contribution in [0.4, 0.5) is 5.69 Å². The first-order valence-corrected chi connectivity index (χ1v) is 22.3. The number of carbonyl (C=O) groups excluding carboxylic acids is 1. The zero-order valence-corrected chi connectivity index (χ0v) is 33.5. The fourth-order valence-electron chi connectivity index (χ4n) is 5.97. The number of benzene rings is 2. The predicted molar refractivity (Wildman–Crippen MR) is 195 cm³/mol. The molecule has 2 aliphatic rings. The van der Waals surface area contributed by atoms with Crippen molar-refractivity contribution in [1.29, 1.82) is 0 Å². The molecular formula is C32H40N2O22S4-4. The van der Waals surface area contributed by atoms with Crippen LogP contribution in [0.25, 0.3) is 0 Å². The number of amides is 1. The zero-order valence-electron chi connectivity index (χ0n) is 30.2. The number of nitrogens with zero attached hydrogens (tertiary/aromatic N) is 1. The second-order valence-corrected chi connectivity index (χ2v) is 16.7. The highest BCUT2D eigenvalue weighted by Gasteiger charge is 2.50. The summed E-state index contributed by atoms with van der Waals surface area (Å²) in [6, 6.07) is 13.8. The second kappa shape index (κ2) is 21.2. The Hall–Kier alpha value is -3.29. The highest BCUT2D eigenvalue weighted by Crippen LogP contribution is 2.31. The number of hydrogen-bond acceptors (Lipinski definition) is 23. The molecule has 0 spiro atoms. The van der Waals surface area contributed by atoms with Gasteiger partial charge in [0.25, 0.3) is 0 Å². The monoisotopic (exact) mass is 932 g/mol. The summed E-state index contributed by atoms with van der Waals surface area (Å²) in [4.78, 5) is 15.0. The molecule has 0 saturated carbocycles. The van der Waals surface area contributed by atoms with Crippen molar-refractivity contribution in [3.63, 3.8) is 0 Å². The molecule has 28 heteroatoms.